The Morgan fingerprint density at radius 1 is 0.857 bits per heavy atom. The highest BCUT2D eigenvalue weighted by Crippen LogP contribution is 2.35. The van der Waals surface area contributed by atoms with Crippen molar-refractivity contribution in [3.8, 4) is 0 Å². The van der Waals surface area contributed by atoms with E-state index in [1.165, 1.54) is 38.8 Å². The molecule has 0 atom stereocenters. The third-order valence-electron chi connectivity index (χ3n) is 3.16. The van der Waals surface area contributed by atoms with E-state index in [2.05, 4.69) is 19.2 Å². The minimum Gasteiger partial charge on any atom is -0.317 e. The van der Waals surface area contributed by atoms with E-state index in [1.807, 2.05) is 27.7 Å². The van der Waals surface area contributed by atoms with Gasteiger partial charge in [0, 0.05) is 0 Å². The zero-order valence-electron chi connectivity index (χ0n) is 11.2. The molecule has 0 radical (unpaired) electrons. The van der Waals surface area contributed by atoms with E-state index < -0.39 is 0 Å². The zero-order valence-corrected chi connectivity index (χ0v) is 11.2. The molecule has 1 nitrogen and oxygen atoms in total. The monoisotopic (exact) mass is 201 g/mol. The lowest BCUT2D eigenvalue weighted by atomic mass is 9.75. The van der Waals surface area contributed by atoms with Crippen molar-refractivity contribution >= 4 is 0 Å². The fourth-order valence-electron chi connectivity index (χ4n) is 1.91. The summed E-state index contributed by atoms with van der Waals surface area (Å²) in [6.07, 6.45) is 5.51. The van der Waals surface area contributed by atoms with Gasteiger partial charge in [0.1, 0.15) is 0 Å². The fourth-order valence-corrected chi connectivity index (χ4v) is 1.91. The smallest absolute Gasteiger partial charge is 0.00436 e. The van der Waals surface area contributed by atoms with Gasteiger partial charge in [0.2, 0.25) is 0 Å². The predicted molar refractivity (Wildman–Crippen MR) is 67.8 cm³/mol. The predicted octanol–water partition coefficient (Wildman–Crippen LogP) is 4.23. The molecule has 14 heavy (non-hydrogen) atoms. The highest BCUT2D eigenvalue weighted by molar-refractivity contribution is 4.81. The molecule has 0 saturated carbocycles. The Labute approximate surface area is 91.7 Å². The molecule has 0 unspecified atom stereocenters. The first-order valence-corrected chi connectivity index (χ1v) is 6.54. The first kappa shape index (κ1) is 16.4. The van der Waals surface area contributed by atoms with Crippen LogP contribution in [0.25, 0.3) is 0 Å². The second kappa shape index (κ2) is 11.0. The summed E-state index contributed by atoms with van der Waals surface area (Å²) in [4.78, 5) is 0. The molecule has 0 spiro atoms. The lowest BCUT2D eigenvalue weighted by Crippen LogP contribution is -2.35. The molecule has 1 aliphatic rings. The molecular formula is C13H31N. The Bertz CT molecular complexity index is 87.4. The van der Waals surface area contributed by atoms with Crippen LogP contribution in [0, 0.1) is 5.41 Å². The first-order chi connectivity index (χ1) is 6.83. The summed E-state index contributed by atoms with van der Waals surface area (Å²) in [6.45, 7) is 15.1. The number of piperidine rings is 1. The molecule has 0 aromatic heterocycles. The molecule has 0 aliphatic carbocycles. The van der Waals surface area contributed by atoms with Crippen LogP contribution in [0.15, 0.2) is 0 Å². The highest BCUT2D eigenvalue weighted by Gasteiger charge is 2.27. The topological polar surface area (TPSA) is 12.0 Å². The Hall–Kier alpha value is -0.0400. The van der Waals surface area contributed by atoms with Gasteiger partial charge in [-0.3, -0.25) is 0 Å². The summed E-state index contributed by atoms with van der Waals surface area (Å²) in [6, 6.07) is 0. The molecule has 1 aliphatic heterocycles. The van der Waals surface area contributed by atoms with E-state index in [0.717, 1.165) is 0 Å². The minimum atomic E-state index is 0.700. The summed E-state index contributed by atoms with van der Waals surface area (Å²) in [7, 11) is 0. The van der Waals surface area contributed by atoms with Gasteiger partial charge in [-0.2, -0.15) is 0 Å². The normalized spacial score (nSPS) is 18.4. The second-order valence-electron chi connectivity index (χ2n) is 3.46. The van der Waals surface area contributed by atoms with Crippen LogP contribution in [0.3, 0.4) is 0 Å². The van der Waals surface area contributed by atoms with Crippen molar-refractivity contribution in [1.82, 2.24) is 5.32 Å². The molecular weight excluding hydrogens is 170 g/mol. The molecule has 1 N–H and O–H groups in total. The third-order valence-corrected chi connectivity index (χ3v) is 3.16. The van der Waals surface area contributed by atoms with Crippen LogP contribution in [0.1, 0.15) is 67.2 Å². The van der Waals surface area contributed by atoms with Crippen LogP contribution < -0.4 is 5.32 Å². The van der Waals surface area contributed by atoms with E-state index in [9.17, 15) is 0 Å². The lowest BCUT2D eigenvalue weighted by molar-refractivity contribution is 0.185. The van der Waals surface area contributed by atoms with Crippen LogP contribution in [0.5, 0.6) is 0 Å². The quantitative estimate of drug-likeness (QED) is 0.705. The molecule has 0 aromatic carbocycles. The third kappa shape index (κ3) is 5.64. The highest BCUT2D eigenvalue weighted by atomic mass is 14.9. The fraction of sp³-hybridized carbons (Fsp3) is 1.00. The van der Waals surface area contributed by atoms with Gasteiger partial charge in [0.25, 0.3) is 0 Å². The molecule has 1 rings (SSSR count). The zero-order chi connectivity index (χ0) is 11.4. The second-order valence-corrected chi connectivity index (χ2v) is 3.46. The van der Waals surface area contributed by atoms with Crippen molar-refractivity contribution in [1.29, 1.82) is 0 Å². The van der Waals surface area contributed by atoms with Crippen molar-refractivity contribution < 1.29 is 0 Å². The van der Waals surface area contributed by atoms with Gasteiger partial charge in [0.15, 0.2) is 0 Å². The van der Waals surface area contributed by atoms with E-state index >= 15 is 0 Å². The molecule has 1 fully saturated rings. The minimum absolute atomic E-state index is 0.700. The van der Waals surface area contributed by atoms with Crippen molar-refractivity contribution in [3.05, 3.63) is 0 Å². The largest absolute Gasteiger partial charge is 0.317 e. The van der Waals surface area contributed by atoms with Gasteiger partial charge < -0.3 is 5.32 Å². The number of hydrogen-bond acceptors (Lipinski definition) is 1. The van der Waals surface area contributed by atoms with Crippen molar-refractivity contribution in [2.24, 2.45) is 5.41 Å². The molecule has 0 aromatic rings. The van der Waals surface area contributed by atoms with E-state index in [-0.39, 0.29) is 0 Å². The molecule has 1 heteroatoms. The summed E-state index contributed by atoms with van der Waals surface area (Å²) in [5, 5.41) is 3.41. The Balaban J connectivity index is 0. The van der Waals surface area contributed by atoms with E-state index in [0.29, 0.717) is 5.41 Å². The first-order valence-electron chi connectivity index (χ1n) is 6.54. The van der Waals surface area contributed by atoms with Crippen molar-refractivity contribution in [2.45, 2.75) is 67.2 Å². The summed E-state index contributed by atoms with van der Waals surface area (Å²) >= 11 is 0. The van der Waals surface area contributed by atoms with Crippen LogP contribution >= 0.6 is 0 Å². The van der Waals surface area contributed by atoms with Gasteiger partial charge in [0.05, 0.1) is 0 Å². The van der Waals surface area contributed by atoms with Crippen LogP contribution in [-0.4, -0.2) is 13.1 Å². The summed E-state index contributed by atoms with van der Waals surface area (Å²) in [5.74, 6) is 0. The molecule has 1 saturated heterocycles. The number of rotatable bonds is 2. The van der Waals surface area contributed by atoms with Gasteiger partial charge in [-0.15, -0.1) is 0 Å². The van der Waals surface area contributed by atoms with Gasteiger partial charge in [-0.05, 0) is 31.3 Å². The maximum atomic E-state index is 3.41. The number of hydrogen-bond donors (Lipinski definition) is 1. The maximum absolute atomic E-state index is 3.41. The molecule has 88 valence electrons. The lowest BCUT2D eigenvalue weighted by Gasteiger charge is -2.35. The molecule has 0 bridgehead atoms. The Morgan fingerprint density at radius 2 is 1.21 bits per heavy atom. The Morgan fingerprint density at radius 3 is 1.43 bits per heavy atom. The van der Waals surface area contributed by atoms with Crippen LogP contribution in [0.4, 0.5) is 0 Å². The van der Waals surface area contributed by atoms with Crippen LogP contribution in [-0.2, 0) is 0 Å². The molecule has 0 amide bonds. The summed E-state index contributed by atoms with van der Waals surface area (Å²) in [5.41, 5.74) is 0.700. The number of nitrogens with one attached hydrogen (secondary N) is 1. The van der Waals surface area contributed by atoms with Gasteiger partial charge in [-0.25, -0.2) is 0 Å². The SMILES string of the molecule is CC.CC.CCC1(CC)CCNCC1. The van der Waals surface area contributed by atoms with E-state index in [4.69, 9.17) is 0 Å². The van der Waals surface area contributed by atoms with E-state index in [1.54, 1.807) is 0 Å². The van der Waals surface area contributed by atoms with Crippen molar-refractivity contribution in [2.75, 3.05) is 13.1 Å². The van der Waals surface area contributed by atoms with Crippen LogP contribution in [0.2, 0.25) is 0 Å². The maximum Gasteiger partial charge on any atom is -0.00436 e. The average molecular weight is 201 g/mol. The Kier molecular flexibility index (Phi) is 12.9. The van der Waals surface area contributed by atoms with Gasteiger partial charge >= 0.3 is 0 Å². The molecule has 1 heterocycles. The summed E-state index contributed by atoms with van der Waals surface area (Å²) < 4.78 is 0. The standard InChI is InChI=1S/C9H19N.2C2H6/c1-3-9(4-2)5-7-10-8-6-9;2*1-2/h10H,3-8H2,1-2H3;2*1-2H3. The van der Waals surface area contributed by atoms with Crippen molar-refractivity contribution in [3.63, 3.8) is 0 Å². The average Bonchev–Trinajstić information content (AvgIpc) is 2.35. The van der Waals surface area contributed by atoms with Gasteiger partial charge in [-0.1, -0.05) is 54.4 Å².